The van der Waals surface area contributed by atoms with Crippen molar-refractivity contribution in [2.45, 2.75) is 24.7 Å². The van der Waals surface area contributed by atoms with Crippen molar-refractivity contribution in [2.75, 3.05) is 0 Å². The van der Waals surface area contributed by atoms with Gasteiger partial charge in [0.1, 0.15) is 0 Å². The van der Waals surface area contributed by atoms with E-state index in [9.17, 15) is 0 Å². The van der Waals surface area contributed by atoms with Crippen molar-refractivity contribution < 1.29 is 0 Å². The predicted octanol–water partition coefficient (Wildman–Crippen LogP) is 7.13. The topological polar surface area (TPSA) is 0 Å². The maximum atomic E-state index is 2.55. The Morgan fingerprint density at radius 2 is 1.22 bits per heavy atom. The molecule has 1 aliphatic carbocycles. The highest BCUT2D eigenvalue weighted by molar-refractivity contribution is 6.79. The van der Waals surface area contributed by atoms with E-state index in [-0.39, 0.29) is 0 Å². The van der Waals surface area contributed by atoms with Gasteiger partial charge in [0.05, 0.1) is 8.07 Å². The molecule has 0 saturated carbocycles. The number of fused-ring (bicyclic) bond motifs is 6. The molecule has 0 aromatic heterocycles. The van der Waals surface area contributed by atoms with Crippen LogP contribution in [0.1, 0.15) is 22.2 Å². The molecule has 0 spiro atoms. The summed E-state index contributed by atoms with van der Waals surface area (Å²) in [6.45, 7) is 5.10. The van der Waals surface area contributed by atoms with Gasteiger partial charge in [-0.2, -0.15) is 0 Å². The number of hydrogen-bond donors (Lipinski definition) is 0. The molecule has 0 amide bonds. The number of hydrogen-bond acceptors (Lipinski definition) is 0. The van der Waals surface area contributed by atoms with E-state index in [1.54, 1.807) is 5.56 Å². The Morgan fingerprint density at radius 1 is 0.667 bits per heavy atom. The van der Waals surface area contributed by atoms with Gasteiger partial charge in [-0.1, -0.05) is 110 Å². The lowest BCUT2D eigenvalue weighted by Gasteiger charge is -2.31. The van der Waals surface area contributed by atoms with Crippen LogP contribution in [-0.2, 0) is 6.04 Å². The number of rotatable bonds is 3. The van der Waals surface area contributed by atoms with Crippen molar-refractivity contribution in [3.05, 3.63) is 102 Å². The van der Waals surface area contributed by atoms with E-state index in [0.717, 1.165) is 0 Å². The Kier molecular flexibility index (Phi) is 3.80. The lowest BCUT2D eigenvalue weighted by atomic mass is 9.93. The molecule has 27 heavy (non-hydrogen) atoms. The van der Waals surface area contributed by atoms with E-state index < -0.39 is 8.07 Å². The normalized spacial score (nSPS) is 16.1. The first-order valence-corrected chi connectivity index (χ1v) is 13.1. The highest BCUT2D eigenvalue weighted by Gasteiger charge is 2.36. The van der Waals surface area contributed by atoms with E-state index >= 15 is 0 Å². The van der Waals surface area contributed by atoms with E-state index in [2.05, 4.69) is 104 Å². The maximum Gasteiger partial charge on any atom is 0.0639 e. The lowest BCUT2D eigenvalue weighted by Crippen LogP contribution is -2.36. The second-order valence-electron chi connectivity index (χ2n) is 8.41. The minimum absolute atomic E-state index is 0.558. The summed E-state index contributed by atoms with van der Waals surface area (Å²) in [5, 5.41) is 5.61. The van der Waals surface area contributed by atoms with E-state index in [4.69, 9.17) is 0 Å². The zero-order chi connectivity index (χ0) is 18.4. The molecule has 0 saturated heterocycles. The third-order valence-electron chi connectivity index (χ3n) is 6.13. The lowest BCUT2D eigenvalue weighted by molar-refractivity contribution is 1.12. The Bertz CT molecular complexity index is 1170. The van der Waals surface area contributed by atoms with Crippen LogP contribution in [0.2, 0.25) is 13.1 Å². The van der Waals surface area contributed by atoms with Gasteiger partial charge in [-0.15, -0.1) is 0 Å². The summed E-state index contributed by atoms with van der Waals surface area (Å²) >= 11 is 0. The van der Waals surface area contributed by atoms with E-state index in [0.29, 0.717) is 5.54 Å². The SMILES string of the molecule is C[Si](C)(Cc1ccccc1)C1C=Cc2c1c1ccccc1c1ccccc21. The van der Waals surface area contributed by atoms with Crippen LogP contribution in [0.25, 0.3) is 27.6 Å². The third-order valence-corrected chi connectivity index (χ3v) is 9.61. The Morgan fingerprint density at radius 3 is 1.93 bits per heavy atom. The van der Waals surface area contributed by atoms with Crippen molar-refractivity contribution in [3.8, 4) is 0 Å². The van der Waals surface area contributed by atoms with Crippen molar-refractivity contribution >= 4 is 35.7 Å². The first kappa shape index (κ1) is 16.5. The molecular formula is C26H24Si. The monoisotopic (exact) mass is 364 g/mol. The zero-order valence-electron chi connectivity index (χ0n) is 15.9. The largest absolute Gasteiger partial charge is 0.0791 e. The van der Waals surface area contributed by atoms with Crippen LogP contribution in [-0.4, -0.2) is 8.07 Å². The first-order chi connectivity index (χ1) is 13.1. The molecule has 0 nitrogen and oxygen atoms in total. The molecule has 1 heteroatoms. The second-order valence-corrected chi connectivity index (χ2v) is 13.4. The number of benzene rings is 4. The molecule has 1 atom stereocenters. The smallest absolute Gasteiger partial charge is 0.0639 e. The summed E-state index contributed by atoms with van der Waals surface area (Å²) in [6.07, 6.45) is 4.90. The molecule has 4 aromatic carbocycles. The summed E-state index contributed by atoms with van der Waals surface area (Å²) in [7, 11) is -1.55. The molecule has 5 rings (SSSR count). The fraction of sp³-hybridized carbons (Fsp3) is 0.154. The molecular weight excluding hydrogens is 340 g/mol. The molecule has 4 aromatic rings. The summed E-state index contributed by atoms with van der Waals surface area (Å²) in [4.78, 5) is 0. The molecule has 1 unspecified atom stereocenters. The zero-order valence-corrected chi connectivity index (χ0v) is 16.9. The summed E-state index contributed by atoms with van der Waals surface area (Å²) in [5.41, 5.74) is 5.04. The Hall–Kier alpha value is -2.64. The average Bonchev–Trinajstić information content (AvgIpc) is 3.15. The van der Waals surface area contributed by atoms with Gasteiger partial charge in [-0.3, -0.25) is 0 Å². The van der Waals surface area contributed by atoms with Crippen LogP contribution in [0.5, 0.6) is 0 Å². The molecule has 0 radical (unpaired) electrons. The van der Waals surface area contributed by atoms with Crippen LogP contribution >= 0.6 is 0 Å². The van der Waals surface area contributed by atoms with Gasteiger partial charge < -0.3 is 0 Å². The predicted molar refractivity (Wildman–Crippen MR) is 121 cm³/mol. The molecule has 0 bridgehead atoms. The van der Waals surface area contributed by atoms with Gasteiger partial charge in [0.15, 0.2) is 0 Å². The quantitative estimate of drug-likeness (QED) is 0.268. The minimum atomic E-state index is -1.55. The Balaban J connectivity index is 1.72. The van der Waals surface area contributed by atoms with Crippen molar-refractivity contribution in [1.29, 1.82) is 0 Å². The fourth-order valence-electron chi connectivity index (χ4n) is 4.88. The van der Waals surface area contributed by atoms with Gasteiger partial charge in [-0.05, 0) is 44.3 Å². The highest BCUT2D eigenvalue weighted by atomic mass is 28.3. The van der Waals surface area contributed by atoms with Crippen LogP contribution in [0.15, 0.2) is 84.9 Å². The first-order valence-electron chi connectivity index (χ1n) is 9.81. The van der Waals surface area contributed by atoms with Gasteiger partial charge in [0, 0.05) is 0 Å². The Labute approximate surface area is 162 Å². The van der Waals surface area contributed by atoms with Crippen LogP contribution in [0.3, 0.4) is 0 Å². The summed E-state index contributed by atoms with van der Waals surface area (Å²) < 4.78 is 0. The molecule has 0 aliphatic heterocycles. The minimum Gasteiger partial charge on any atom is -0.0791 e. The highest BCUT2D eigenvalue weighted by Crippen LogP contribution is 2.45. The van der Waals surface area contributed by atoms with Gasteiger partial charge in [0.2, 0.25) is 0 Å². The molecule has 132 valence electrons. The van der Waals surface area contributed by atoms with Crippen molar-refractivity contribution in [3.63, 3.8) is 0 Å². The van der Waals surface area contributed by atoms with Crippen molar-refractivity contribution in [1.82, 2.24) is 0 Å². The molecule has 0 heterocycles. The van der Waals surface area contributed by atoms with Crippen LogP contribution < -0.4 is 0 Å². The number of allylic oxidation sites excluding steroid dienone is 1. The summed E-state index contributed by atoms with van der Waals surface area (Å²) in [5.74, 6) is 0. The van der Waals surface area contributed by atoms with Gasteiger partial charge in [0.25, 0.3) is 0 Å². The van der Waals surface area contributed by atoms with E-state index in [1.165, 1.54) is 38.7 Å². The van der Waals surface area contributed by atoms with Crippen molar-refractivity contribution in [2.24, 2.45) is 0 Å². The molecule has 0 N–H and O–H groups in total. The second kappa shape index (κ2) is 6.21. The maximum absolute atomic E-state index is 2.55. The summed E-state index contributed by atoms with van der Waals surface area (Å²) in [6, 6.07) is 30.1. The standard InChI is InChI=1S/C26H24Si/c1-27(2,18-19-10-4-3-5-11-19)25-17-16-24-22-14-7-6-12-20(22)21-13-8-9-15-23(21)26(24)25/h3-17,25H,18H2,1-2H3. The van der Waals surface area contributed by atoms with Crippen LogP contribution in [0.4, 0.5) is 0 Å². The van der Waals surface area contributed by atoms with Gasteiger partial charge >= 0.3 is 0 Å². The fourth-order valence-corrected chi connectivity index (χ4v) is 8.10. The third kappa shape index (κ3) is 2.65. The molecule has 1 aliphatic rings. The van der Waals surface area contributed by atoms with Gasteiger partial charge in [-0.25, -0.2) is 0 Å². The molecule has 0 fully saturated rings. The van der Waals surface area contributed by atoms with E-state index in [1.807, 2.05) is 0 Å². The average molecular weight is 365 g/mol. The van der Waals surface area contributed by atoms with Crippen LogP contribution in [0, 0.1) is 0 Å².